The molecule has 0 aliphatic heterocycles. The minimum Gasteiger partial charge on any atom is -0.240 e. The molecule has 0 radical (unpaired) electrons. The number of hydrogen-bond donors (Lipinski definition) is 0. The first-order valence-corrected chi connectivity index (χ1v) is 12.9. The van der Waals surface area contributed by atoms with E-state index in [9.17, 15) is 26.3 Å². The van der Waals surface area contributed by atoms with Gasteiger partial charge >= 0.3 is 12.4 Å². The van der Waals surface area contributed by atoms with Gasteiger partial charge < -0.3 is 0 Å². The molecule has 214 valence electrons. The minimum absolute atomic E-state index is 0.0339. The molecule has 0 aliphatic carbocycles. The van der Waals surface area contributed by atoms with Gasteiger partial charge in [0.2, 0.25) is 0 Å². The van der Waals surface area contributed by atoms with E-state index in [0.717, 1.165) is 51.7 Å². The summed E-state index contributed by atoms with van der Waals surface area (Å²) < 4.78 is 80.4. The molecule has 0 spiro atoms. The van der Waals surface area contributed by atoms with Crippen LogP contribution in [0.3, 0.4) is 0 Å². The second-order valence-corrected chi connectivity index (χ2v) is 9.71. The van der Waals surface area contributed by atoms with Gasteiger partial charge in [0.05, 0.1) is 0 Å². The number of aryl methyl sites for hydroxylation is 1. The molecule has 0 amide bonds. The van der Waals surface area contributed by atoms with Crippen molar-refractivity contribution in [3.63, 3.8) is 0 Å². The van der Waals surface area contributed by atoms with Crippen molar-refractivity contribution in [2.24, 2.45) is 0 Å². The Balaban J connectivity index is 1.48. The highest BCUT2D eigenvalue weighted by molar-refractivity contribution is 5.88. The van der Waals surface area contributed by atoms with Gasteiger partial charge in [-0.1, -0.05) is 60.7 Å². The van der Waals surface area contributed by atoms with Crippen molar-refractivity contribution in [1.29, 1.82) is 0 Å². The fraction of sp³-hybridized carbons (Fsp3) is 0.0938. The van der Waals surface area contributed by atoms with E-state index in [0.29, 0.717) is 5.56 Å². The highest BCUT2D eigenvalue weighted by atomic mass is 19.4. The second-order valence-electron chi connectivity index (χ2n) is 9.71. The van der Waals surface area contributed by atoms with Crippen molar-refractivity contribution in [1.82, 2.24) is 24.9 Å². The maximum absolute atomic E-state index is 13.4. The zero-order chi connectivity index (χ0) is 30.4. The summed E-state index contributed by atoms with van der Waals surface area (Å²) in [5.41, 5.74) is 0.454. The van der Waals surface area contributed by atoms with E-state index in [1.54, 1.807) is 12.1 Å². The first-order valence-electron chi connectivity index (χ1n) is 12.9. The van der Waals surface area contributed by atoms with E-state index < -0.39 is 23.7 Å². The van der Waals surface area contributed by atoms with Gasteiger partial charge in [-0.25, -0.2) is 24.9 Å². The number of pyridine rings is 2. The van der Waals surface area contributed by atoms with Crippen LogP contribution in [0.25, 0.3) is 56.3 Å². The van der Waals surface area contributed by atoms with Gasteiger partial charge in [-0.3, -0.25) is 0 Å². The molecule has 0 unspecified atom stereocenters. The SMILES string of the molecule is Cc1cc(-c2nc(-c3cccc(C(F)(F)F)n3)nc(-c3cccc(C(F)(F)F)n3)n2)ccc1-c1ccc2ccccc2c1. The van der Waals surface area contributed by atoms with Crippen LogP contribution in [0.15, 0.2) is 97.1 Å². The lowest BCUT2D eigenvalue weighted by molar-refractivity contribution is -0.141. The van der Waals surface area contributed by atoms with Crippen LogP contribution in [0.4, 0.5) is 26.3 Å². The van der Waals surface area contributed by atoms with Crippen LogP contribution in [0.5, 0.6) is 0 Å². The fourth-order valence-corrected chi connectivity index (χ4v) is 4.65. The van der Waals surface area contributed by atoms with Crippen LogP contribution in [-0.2, 0) is 12.4 Å². The summed E-state index contributed by atoms with van der Waals surface area (Å²) in [5, 5.41) is 2.16. The third-order valence-electron chi connectivity index (χ3n) is 6.72. The van der Waals surface area contributed by atoms with E-state index in [2.05, 4.69) is 31.0 Å². The third kappa shape index (κ3) is 5.78. The van der Waals surface area contributed by atoms with Gasteiger partial charge in [0.15, 0.2) is 17.5 Å². The van der Waals surface area contributed by atoms with Gasteiger partial charge in [0, 0.05) is 5.56 Å². The molecule has 43 heavy (non-hydrogen) atoms. The number of fused-ring (bicyclic) bond motifs is 1. The van der Waals surface area contributed by atoms with Gasteiger partial charge in [-0.15, -0.1) is 0 Å². The van der Waals surface area contributed by atoms with Crippen molar-refractivity contribution >= 4 is 10.8 Å². The van der Waals surface area contributed by atoms with Gasteiger partial charge in [-0.2, -0.15) is 26.3 Å². The Morgan fingerprint density at radius 2 is 1.00 bits per heavy atom. The molecule has 3 aromatic carbocycles. The Morgan fingerprint density at radius 1 is 0.465 bits per heavy atom. The van der Waals surface area contributed by atoms with Crippen LogP contribution in [0, 0.1) is 6.92 Å². The van der Waals surface area contributed by atoms with Crippen LogP contribution < -0.4 is 0 Å². The highest BCUT2D eigenvalue weighted by Crippen LogP contribution is 2.33. The summed E-state index contributed by atoms with van der Waals surface area (Å²) in [6.07, 6.45) is -9.46. The molecular weight excluding hydrogens is 568 g/mol. The molecule has 5 nitrogen and oxygen atoms in total. The number of aromatic nitrogens is 5. The van der Waals surface area contributed by atoms with Crippen molar-refractivity contribution in [3.05, 3.63) is 114 Å². The van der Waals surface area contributed by atoms with Gasteiger partial charge in [0.25, 0.3) is 0 Å². The van der Waals surface area contributed by atoms with Crippen LogP contribution in [0.2, 0.25) is 0 Å². The molecule has 3 heterocycles. The first kappa shape index (κ1) is 28.0. The second kappa shape index (κ2) is 10.6. The maximum Gasteiger partial charge on any atom is 0.433 e. The molecule has 0 saturated heterocycles. The quantitative estimate of drug-likeness (QED) is 0.193. The predicted molar refractivity (Wildman–Crippen MR) is 149 cm³/mol. The Labute approximate surface area is 241 Å². The third-order valence-corrected chi connectivity index (χ3v) is 6.72. The molecule has 0 bridgehead atoms. The lowest BCUT2D eigenvalue weighted by atomic mass is 9.96. The summed E-state index contributed by atoms with van der Waals surface area (Å²) in [6.45, 7) is 1.89. The number of benzene rings is 3. The predicted octanol–water partition coefficient (Wildman–Crippen LogP) is 8.83. The zero-order valence-corrected chi connectivity index (χ0v) is 22.2. The fourth-order valence-electron chi connectivity index (χ4n) is 4.65. The molecule has 11 heteroatoms. The lowest BCUT2D eigenvalue weighted by Gasteiger charge is -2.12. The monoisotopic (exact) mass is 587 g/mol. The molecule has 6 aromatic rings. The molecule has 0 saturated carbocycles. The highest BCUT2D eigenvalue weighted by Gasteiger charge is 2.34. The largest absolute Gasteiger partial charge is 0.433 e. The topological polar surface area (TPSA) is 64.5 Å². The standard InChI is InChI=1S/C32H19F6N5/c1-18-16-22(14-15-23(18)21-13-12-19-6-2-3-7-20(19)17-21)28-41-29(24-8-4-10-26(39-24)31(33,34)35)43-30(42-28)25-9-5-11-27(40-25)32(36,37)38/h2-17H,1H3. The van der Waals surface area contributed by atoms with Crippen molar-refractivity contribution in [2.75, 3.05) is 0 Å². The van der Waals surface area contributed by atoms with E-state index in [1.165, 1.54) is 12.1 Å². The van der Waals surface area contributed by atoms with Crippen molar-refractivity contribution in [2.45, 2.75) is 19.3 Å². The van der Waals surface area contributed by atoms with Crippen molar-refractivity contribution < 1.29 is 26.3 Å². The average Bonchev–Trinajstić information content (AvgIpc) is 3.00. The van der Waals surface area contributed by atoms with Crippen LogP contribution in [-0.4, -0.2) is 24.9 Å². The van der Waals surface area contributed by atoms with Crippen LogP contribution in [0.1, 0.15) is 17.0 Å². The van der Waals surface area contributed by atoms with Crippen LogP contribution >= 0.6 is 0 Å². The van der Waals surface area contributed by atoms with E-state index in [4.69, 9.17) is 0 Å². The van der Waals surface area contributed by atoms with Gasteiger partial charge in [-0.05, 0) is 70.8 Å². The Bertz CT molecular complexity index is 1910. The number of hydrogen-bond acceptors (Lipinski definition) is 5. The summed E-state index contributed by atoms with van der Waals surface area (Å²) in [5.74, 6) is -0.463. The minimum atomic E-state index is -4.73. The van der Waals surface area contributed by atoms with E-state index in [-0.39, 0.29) is 28.9 Å². The van der Waals surface area contributed by atoms with Crippen molar-refractivity contribution in [3.8, 4) is 45.6 Å². The molecule has 0 atom stereocenters. The number of alkyl halides is 6. The zero-order valence-electron chi connectivity index (χ0n) is 22.2. The van der Waals surface area contributed by atoms with E-state index >= 15 is 0 Å². The van der Waals surface area contributed by atoms with E-state index in [1.807, 2.05) is 49.4 Å². The molecular formula is C32H19F6N5. The summed E-state index contributed by atoms with van der Waals surface area (Å²) >= 11 is 0. The lowest BCUT2D eigenvalue weighted by Crippen LogP contribution is -2.10. The first-order chi connectivity index (χ1) is 20.5. The number of nitrogens with zero attached hydrogens (tertiary/aromatic N) is 5. The number of halogens is 6. The normalized spacial score (nSPS) is 12.1. The Morgan fingerprint density at radius 3 is 1.56 bits per heavy atom. The summed E-state index contributed by atoms with van der Waals surface area (Å²) in [6, 6.07) is 25.9. The molecule has 0 aliphatic rings. The Kier molecular flexibility index (Phi) is 6.87. The summed E-state index contributed by atoms with van der Waals surface area (Å²) in [4.78, 5) is 20.2. The summed E-state index contributed by atoms with van der Waals surface area (Å²) in [7, 11) is 0. The average molecular weight is 588 g/mol. The number of rotatable bonds is 4. The Hall–Kier alpha value is -5.19. The smallest absolute Gasteiger partial charge is 0.240 e. The molecule has 0 N–H and O–H groups in total. The molecule has 6 rings (SSSR count). The molecule has 3 aromatic heterocycles. The maximum atomic E-state index is 13.4. The molecule has 0 fully saturated rings. The van der Waals surface area contributed by atoms with Gasteiger partial charge in [0.1, 0.15) is 22.8 Å².